The Hall–Kier alpha value is -4.04. The smallest absolute Gasteiger partial charge is 0.356 e. The van der Waals surface area contributed by atoms with E-state index in [0.717, 1.165) is 5.56 Å². The number of hydrogen-bond donors (Lipinski definition) is 3. The van der Waals surface area contributed by atoms with E-state index < -0.39 is 12.0 Å². The molecule has 3 heterocycles. The van der Waals surface area contributed by atoms with Crippen LogP contribution in [0.15, 0.2) is 56.7 Å². The molecule has 0 radical (unpaired) electrons. The van der Waals surface area contributed by atoms with E-state index in [4.69, 9.17) is 21.4 Å². The summed E-state index contributed by atoms with van der Waals surface area (Å²) in [4.78, 5) is 32.9. The number of carbonyl (C=O) groups is 1. The number of nitrogens with zero attached hydrogens (tertiary/aromatic N) is 2. The molecule has 1 aliphatic heterocycles. The van der Waals surface area contributed by atoms with E-state index in [9.17, 15) is 14.7 Å². The maximum absolute atomic E-state index is 13.3. The zero-order valence-electron chi connectivity index (χ0n) is 18.7. The Kier molecular flexibility index (Phi) is 5.93. The van der Waals surface area contributed by atoms with Gasteiger partial charge in [0.15, 0.2) is 17.0 Å². The van der Waals surface area contributed by atoms with Crippen molar-refractivity contribution in [3.05, 3.63) is 86.0 Å². The van der Waals surface area contributed by atoms with Crippen molar-refractivity contribution in [2.24, 2.45) is 4.99 Å². The van der Waals surface area contributed by atoms with Crippen molar-refractivity contribution in [2.75, 3.05) is 5.32 Å². The number of dihydropyridines is 1. The molecule has 8 nitrogen and oxygen atoms in total. The molecule has 172 valence electrons. The number of fused-ring (bicyclic) bond motifs is 1. The fourth-order valence-electron chi connectivity index (χ4n) is 3.82. The Labute approximate surface area is 199 Å². The fourth-order valence-corrected chi connectivity index (χ4v) is 3.97. The molecule has 1 aromatic carbocycles. The molecule has 0 saturated carbocycles. The van der Waals surface area contributed by atoms with Crippen LogP contribution in [0.5, 0.6) is 0 Å². The Bertz CT molecular complexity index is 1520. The van der Waals surface area contributed by atoms with Gasteiger partial charge in [-0.3, -0.25) is 10.2 Å². The Morgan fingerprint density at radius 1 is 1.29 bits per heavy atom. The first-order valence-corrected chi connectivity index (χ1v) is 10.7. The summed E-state index contributed by atoms with van der Waals surface area (Å²) in [6, 6.07) is 6.24. The molecule has 4 rings (SSSR count). The van der Waals surface area contributed by atoms with Crippen LogP contribution in [0.3, 0.4) is 0 Å². The van der Waals surface area contributed by atoms with Gasteiger partial charge in [0.1, 0.15) is 16.5 Å². The molecule has 1 unspecified atom stereocenters. The quantitative estimate of drug-likeness (QED) is 0.427. The van der Waals surface area contributed by atoms with E-state index in [1.54, 1.807) is 25.1 Å². The second-order valence-electron chi connectivity index (χ2n) is 8.05. The van der Waals surface area contributed by atoms with Crippen LogP contribution in [0.1, 0.15) is 45.9 Å². The number of aliphatic imine (C=N–C) groups is 1. The minimum absolute atomic E-state index is 0.0458. The lowest BCUT2D eigenvalue weighted by molar-refractivity contribution is 0.0691. The lowest BCUT2D eigenvalue weighted by Crippen LogP contribution is -2.15. The number of anilines is 1. The second kappa shape index (κ2) is 8.72. The Balaban J connectivity index is 1.88. The molecule has 0 bridgehead atoms. The number of nitrogens with one attached hydrogen (secondary N) is 2. The molecule has 9 heteroatoms. The summed E-state index contributed by atoms with van der Waals surface area (Å²) < 4.78 is 6.27. The number of pyridine rings is 1. The van der Waals surface area contributed by atoms with Crippen LogP contribution in [0.4, 0.5) is 5.69 Å². The predicted molar refractivity (Wildman–Crippen MR) is 134 cm³/mol. The van der Waals surface area contributed by atoms with Gasteiger partial charge in [-0.2, -0.15) is 0 Å². The van der Waals surface area contributed by atoms with Crippen LogP contribution in [0, 0.1) is 19.3 Å². The molecule has 3 aromatic rings. The summed E-state index contributed by atoms with van der Waals surface area (Å²) in [7, 11) is 0. The van der Waals surface area contributed by atoms with Crippen molar-refractivity contribution in [2.45, 2.75) is 26.8 Å². The third-order valence-corrected chi connectivity index (χ3v) is 5.73. The number of carboxylic acids is 1. The number of halogens is 1. The van der Waals surface area contributed by atoms with Crippen LogP contribution in [-0.4, -0.2) is 28.1 Å². The summed E-state index contributed by atoms with van der Waals surface area (Å²) in [5.41, 5.74) is 3.14. The minimum Gasteiger partial charge on any atom is -0.476 e. The molecule has 1 aliphatic rings. The summed E-state index contributed by atoms with van der Waals surface area (Å²) >= 11 is 5.87. The summed E-state index contributed by atoms with van der Waals surface area (Å²) in [6.07, 6.45) is 3.13. The van der Waals surface area contributed by atoms with Crippen LogP contribution in [-0.2, 0) is 0 Å². The number of aromatic nitrogens is 1. The molecule has 1 atom stereocenters. The van der Waals surface area contributed by atoms with E-state index >= 15 is 0 Å². The fraction of sp³-hybridized carbons (Fsp3) is 0.160. The van der Waals surface area contributed by atoms with Crippen LogP contribution in [0.25, 0.3) is 16.5 Å². The third-order valence-electron chi connectivity index (χ3n) is 5.52. The molecule has 3 N–H and O–H groups in total. The highest BCUT2D eigenvalue weighted by molar-refractivity contribution is 6.29. The molecular weight excluding hydrogens is 456 g/mol. The second-order valence-corrected chi connectivity index (χ2v) is 8.44. The van der Waals surface area contributed by atoms with Gasteiger partial charge in [0.05, 0.1) is 17.1 Å². The highest BCUT2D eigenvalue weighted by atomic mass is 35.5. The van der Waals surface area contributed by atoms with Gasteiger partial charge >= 0.3 is 5.97 Å². The van der Waals surface area contributed by atoms with E-state index in [2.05, 4.69) is 21.9 Å². The Morgan fingerprint density at radius 2 is 2.03 bits per heavy atom. The molecule has 0 aliphatic carbocycles. The zero-order chi connectivity index (χ0) is 24.7. The highest BCUT2D eigenvalue weighted by Crippen LogP contribution is 2.32. The standard InChI is InChI=1S/C25H21ClN4O4/c1-11-7-16(14(4)29-18-5-6-19(26)30-20(18)25(32)33)23-17(8-11)21(31)13(3)22(34-23)15-9-12(2)24(27)28-10-15/h5-10,14,27,29H,2H2,1,3-4H3,(H,32,33). The van der Waals surface area contributed by atoms with Gasteiger partial charge < -0.3 is 14.8 Å². The average Bonchev–Trinajstić information content (AvgIpc) is 2.79. The van der Waals surface area contributed by atoms with Gasteiger partial charge in [-0.15, -0.1) is 0 Å². The minimum atomic E-state index is -1.22. The molecule has 0 spiro atoms. The van der Waals surface area contributed by atoms with Crippen LogP contribution in [0.2, 0.25) is 5.15 Å². The van der Waals surface area contributed by atoms with Gasteiger partial charge in [0.25, 0.3) is 0 Å². The maximum atomic E-state index is 13.3. The number of aryl methyl sites for hydroxylation is 1. The molecule has 0 fully saturated rings. The average molecular weight is 477 g/mol. The van der Waals surface area contributed by atoms with Gasteiger partial charge in [-0.1, -0.05) is 24.2 Å². The van der Waals surface area contributed by atoms with E-state index in [1.807, 2.05) is 19.9 Å². The van der Waals surface area contributed by atoms with Crippen molar-refractivity contribution in [1.29, 1.82) is 5.41 Å². The topological polar surface area (TPSA) is 129 Å². The van der Waals surface area contributed by atoms with E-state index in [0.29, 0.717) is 39.0 Å². The lowest BCUT2D eigenvalue weighted by Gasteiger charge is -2.20. The Morgan fingerprint density at radius 3 is 2.71 bits per heavy atom. The third kappa shape index (κ3) is 4.15. The van der Waals surface area contributed by atoms with Crippen molar-refractivity contribution in [3.8, 4) is 0 Å². The summed E-state index contributed by atoms with van der Waals surface area (Å²) in [5.74, 6) is -0.832. The number of benzene rings is 1. The number of amidine groups is 1. The maximum Gasteiger partial charge on any atom is 0.356 e. The monoisotopic (exact) mass is 476 g/mol. The van der Waals surface area contributed by atoms with Gasteiger partial charge in [0, 0.05) is 28.5 Å². The molecule has 0 amide bonds. The SMILES string of the molecule is C=C1C=C(c2oc3c(C(C)Nc4ccc(Cl)nc4C(=O)O)cc(C)cc3c(=O)c2C)C=NC1=N. The van der Waals surface area contributed by atoms with Crippen LogP contribution >= 0.6 is 11.6 Å². The number of rotatable bonds is 5. The first kappa shape index (κ1) is 23.1. The normalized spacial score (nSPS) is 14.3. The summed E-state index contributed by atoms with van der Waals surface area (Å²) in [5, 5.41) is 20.9. The van der Waals surface area contributed by atoms with Crippen molar-refractivity contribution >= 4 is 51.9 Å². The number of carboxylic acid groups (broad SMARTS) is 1. The first-order valence-electron chi connectivity index (χ1n) is 10.3. The summed E-state index contributed by atoms with van der Waals surface area (Å²) in [6.45, 7) is 9.19. The number of allylic oxidation sites excluding steroid dienone is 1. The molecule has 0 saturated heterocycles. The number of hydrogen-bond acceptors (Lipinski definition) is 6. The lowest BCUT2D eigenvalue weighted by atomic mass is 9.98. The highest BCUT2D eigenvalue weighted by Gasteiger charge is 2.22. The van der Waals surface area contributed by atoms with Gasteiger partial charge in [0.2, 0.25) is 0 Å². The van der Waals surface area contributed by atoms with Crippen molar-refractivity contribution < 1.29 is 14.3 Å². The van der Waals surface area contributed by atoms with Gasteiger partial charge in [-0.25, -0.2) is 14.8 Å². The molecule has 2 aromatic heterocycles. The van der Waals surface area contributed by atoms with Crippen molar-refractivity contribution in [1.82, 2.24) is 4.98 Å². The largest absolute Gasteiger partial charge is 0.476 e. The predicted octanol–water partition coefficient (Wildman–Crippen LogP) is 5.33. The van der Waals surface area contributed by atoms with Crippen molar-refractivity contribution in [3.63, 3.8) is 0 Å². The van der Waals surface area contributed by atoms with Crippen LogP contribution < -0.4 is 10.7 Å². The first-order chi connectivity index (χ1) is 16.1. The van der Waals surface area contributed by atoms with Gasteiger partial charge in [-0.05, 0) is 50.6 Å². The van der Waals surface area contributed by atoms with E-state index in [1.165, 1.54) is 12.3 Å². The van der Waals surface area contributed by atoms with E-state index in [-0.39, 0.29) is 27.8 Å². The zero-order valence-corrected chi connectivity index (χ0v) is 19.4. The number of aromatic carboxylic acids is 1. The molecule has 34 heavy (non-hydrogen) atoms. The molecular formula is C25H21ClN4O4.